The van der Waals surface area contributed by atoms with Gasteiger partial charge in [0.15, 0.2) is 4.90 Å². The van der Waals surface area contributed by atoms with Gasteiger partial charge < -0.3 is 0 Å². The Labute approximate surface area is 146 Å². The normalized spacial score (nSPS) is 23.6. The second-order valence-corrected chi connectivity index (χ2v) is 10.6. The Morgan fingerprint density at radius 1 is 0.960 bits per heavy atom. The molecule has 2 aliphatic rings. The Balaban J connectivity index is 1.68. The Hall–Kier alpha value is -1.10. The summed E-state index contributed by atoms with van der Waals surface area (Å²) >= 11 is 0. The van der Waals surface area contributed by atoms with Crippen LogP contribution in [0.15, 0.2) is 23.1 Å². The van der Waals surface area contributed by atoms with Gasteiger partial charge in [0.05, 0.1) is 11.5 Å². The Kier molecular flexibility index (Phi) is 5.16. The van der Waals surface area contributed by atoms with Crippen LogP contribution in [0, 0.1) is 11.6 Å². The Morgan fingerprint density at radius 3 is 2.00 bits per heavy atom. The lowest BCUT2D eigenvalue weighted by molar-refractivity contribution is 0.129. The van der Waals surface area contributed by atoms with Crippen molar-refractivity contribution < 1.29 is 25.6 Å². The van der Waals surface area contributed by atoms with Crippen LogP contribution >= 0.6 is 0 Å². The van der Waals surface area contributed by atoms with Gasteiger partial charge in [0, 0.05) is 32.2 Å². The van der Waals surface area contributed by atoms with E-state index >= 15 is 0 Å². The fourth-order valence-corrected chi connectivity index (χ4v) is 6.41. The van der Waals surface area contributed by atoms with Crippen molar-refractivity contribution >= 4 is 19.9 Å². The van der Waals surface area contributed by atoms with Gasteiger partial charge in [0.25, 0.3) is 0 Å². The number of nitrogens with zero attached hydrogens (tertiary/aromatic N) is 2. The second-order valence-electron chi connectivity index (χ2n) is 6.37. The van der Waals surface area contributed by atoms with Crippen molar-refractivity contribution in [3.63, 3.8) is 0 Å². The molecule has 2 heterocycles. The minimum Gasteiger partial charge on any atom is -0.298 e. The summed E-state index contributed by atoms with van der Waals surface area (Å²) in [6.45, 7) is 1.08. The predicted octanol–water partition coefficient (Wildman–Crippen LogP) is 0.848. The molecule has 6 nitrogen and oxygen atoms in total. The SMILES string of the molecule is O=S1(=O)CCC(N2CCN(S(=O)(=O)c3c(F)cccc3F)CC2)CC1. The van der Waals surface area contributed by atoms with E-state index in [0.717, 1.165) is 22.5 Å². The van der Waals surface area contributed by atoms with Gasteiger partial charge in [-0.25, -0.2) is 25.6 Å². The van der Waals surface area contributed by atoms with Crippen LogP contribution in [0.3, 0.4) is 0 Å². The van der Waals surface area contributed by atoms with E-state index < -0.39 is 36.4 Å². The molecule has 10 heteroatoms. The molecule has 0 aliphatic carbocycles. The first-order valence-electron chi connectivity index (χ1n) is 8.09. The third kappa shape index (κ3) is 3.86. The highest BCUT2D eigenvalue weighted by atomic mass is 32.2. The van der Waals surface area contributed by atoms with Crippen molar-refractivity contribution in [1.29, 1.82) is 0 Å². The van der Waals surface area contributed by atoms with E-state index in [1.165, 1.54) is 0 Å². The van der Waals surface area contributed by atoms with Gasteiger partial charge in [-0.1, -0.05) is 6.07 Å². The van der Waals surface area contributed by atoms with Crippen LogP contribution in [-0.2, 0) is 19.9 Å². The quantitative estimate of drug-likeness (QED) is 0.760. The number of rotatable bonds is 3. The van der Waals surface area contributed by atoms with Crippen LogP contribution in [0.4, 0.5) is 8.78 Å². The first-order chi connectivity index (χ1) is 11.7. The van der Waals surface area contributed by atoms with Gasteiger partial charge >= 0.3 is 0 Å². The molecule has 2 aliphatic heterocycles. The highest BCUT2D eigenvalue weighted by Gasteiger charge is 2.35. The minimum absolute atomic E-state index is 0.110. The van der Waals surface area contributed by atoms with Crippen molar-refractivity contribution in [2.45, 2.75) is 23.8 Å². The molecule has 2 saturated heterocycles. The summed E-state index contributed by atoms with van der Waals surface area (Å²) in [5.74, 6) is -1.90. The van der Waals surface area contributed by atoms with Crippen molar-refractivity contribution in [2.75, 3.05) is 37.7 Å². The monoisotopic (exact) mass is 394 g/mol. The van der Waals surface area contributed by atoms with E-state index in [1.807, 2.05) is 0 Å². The van der Waals surface area contributed by atoms with Gasteiger partial charge in [-0.15, -0.1) is 0 Å². The molecule has 0 amide bonds. The van der Waals surface area contributed by atoms with Crippen molar-refractivity contribution in [3.8, 4) is 0 Å². The maximum Gasteiger partial charge on any atom is 0.249 e. The maximum absolute atomic E-state index is 13.8. The zero-order valence-corrected chi connectivity index (χ0v) is 15.2. The number of halogens is 2. The summed E-state index contributed by atoms with van der Waals surface area (Å²) in [4.78, 5) is 1.16. The molecule has 25 heavy (non-hydrogen) atoms. The van der Waals surface area contributed by atoms with E-state index in [4.69, 9.17) is 0 Å². The Bertz CT molecular complexity index is 816. The second kappa shape index (κ2) is 6.90. The van der Waals surface area contributed by atoms with Crippen LogP contribution in [0.2, 0.25) is 0 Å². The summed E-state index contributed by atoms with van der Waals surface area (Å²) in [7, 11) is -7.19. The number of piperazine rings is 1. The summed E-state index contributed by atoms with van der Waals surface area (Å²) in [5, 5.41) is 0. The average Bonchev–Trinajstić information content (AvgIpc) is 2.54. The zero-order chi connectivity index (χ0) is 18.2. The van der Waals surface area contributed by atoms with Crippen LogP contribution in [0.1, 0.15) is 12.8 Å². The van der Waals surface area contributed by atoms with E-state index in [0.29, 0.717) is 25.9 Å². The van der Waals surface area contributed by atoms with Gasteiger partial charge in [0.1, 0.15) is 21.5 Å². The van der Waals surface area contributed by atoms with Crippen LogP contribution in [0.25, 0.3) is 0 Å². The molecule has 1 aromatic carbocycles. The molecule has 0 bridgehead atoms. The molecule has 3 rings (SSSR count). The van der Waals surface area contributed by atoms with E-state index in [2.05, 4.69) is 4.90 Å². The molecule has 0 unspecified atom stereocenters. The molecular formula is C15H20F2N2O4S2. The summed E-state index contributed by atoms with van der Waals surface area (Å²) < 4.78 is 76.8. The molecule has 0 atom stereocenters. The predicted molar refractivity (Wildman–Crippen MR) is 88.4 cm³/mol. The third-order valence-corrected chi connectivity index (χ3v) is 8.50. The highest BCUT2D eigenvalue weighted by Crippen LogP contribution is 2.25. The number of hydrogen-bond donors (Lipinski definition) is 0. The lowest BCUT2D eigenvalue weighted by atomic mass is 10.1. The lowest BCUT2D eigenvalue weighted by Gasteiger charge is -2.40. The number of sulfone groups is 1. The zero-order valence-electron chi connectivity index (χ0n) is 13.6. The van der Waals surface area contributed by atoms with Crippen molar-refractivity contribution in [1.82, 2.24) is 9.21 Å². The van der Waals surface area contributed by atoms with Crippen molar-refractivity contribution in [2.24, 2.45) is 0 Å². The van der Waals surface area contributed by atoms with E-state index in [9.17, 15) is 25.6 Å². The molecule has 0 aromatic heterocycles. The third-order valence-electron chi connectivity index (χ3n) is 4.83. The highest BCUT2D eigenvalue weighted by molar-refractivity contribution is 7.91. The van der Waals surface area contributed by atoms with Gasteiger partial charge in [-0.3, -0.25) is 4.90 Å². The molecule has 2 fully saturated rings. The van der Waals surface area contributed by atoms with Crippen molar-refractivity contribution in [3.05, 3.63) is 29.8 Å². The molecule has 0 spiro atoms. The first-order valence-corrected chi connectivity index (χ1v) is 11.4. The topological polar surface area (TPSA) is 74.8 Å². The molecule has 1 aromatic rings. The molecular weight excluding hydrogens is 374 g/mol. The molecule has 0 N–H and O–H groups in total. The summed E-state index contributed by atoms with van der Waals surface area (Å²) in [5.41, 5.74) is 0. The van der Waals surface area contributed by atoms with Crippen LogP contribution in [-0.4, -0.2) is 69.8 Å². The van der Waals surface area contributed by atoms with Gasteiger partial charge in [0.2, 0.25) is 10.0 Å². The van der Waals surface area contributed by atoms with Crippen LogP contribution in [0.5, 0.6) is 0 Å². The number of hydrogen-bond acceptors (Lipinski definition) is 5. The first kappa shape index (κ1) is 18.7. The average molecular weight is 394 g/mol. The molecule has 0 radical (unpaired) electrons. The minimum atomic E-state index is -4.24. The fraction of sp³-hybridized carbons (Fsp3) is 0.600. The standard InChI is InChI=1S/C15H20F2N2O4S2/c16-13-2-1-3-14(17)15(13)25(22,23)19-8-6-18(7-9-19)12-4-10-24(20,21)11-5-12/h1-3,12H,4-11H2. The number of benzene rings is 1. The molecule has 0 saturated carbocycles. The largest absolute Gasteiger partial charge is 0.298 e. The molecule has 140 valence electrons. The smallest absolute Gasteiger partial charge is 0.249 e. The van der Waals surface area contributed by atoms with Gasteiger partial charge in [-0.05, 0) is 25.0 Å². The van der Waals surface area contributed by atoms with Crippen LogP contribution < -0.4 is 0 Å². The van der Waals surface area contributed by atoms with E-state index in [1.54, 1.807) is 0 Å². The van der Waals surface area contributed by atoms with E-state index in [-0.39, 0.29) is 30.6 Å². The number of sulfonamides is 1. The fourth-order valence-electron chi connectivity index (χ4n) is 3.41. The summed E-state index contributed by atoms with van der Waals surface area (Å²) in [6, 6.07) is 3.08. The maximum atomic E-state index is 13.8. The van der Waals surface area contributed by atoms with Gasteiger partial charge in [-0.2, -0.15) is 4.31 Å². The lowest BCUT2D eigenvalue weighted by Crippen LogP contribution is -2.53. The Morgan fingerprint density at radius 2 is 1.48 bits per heavy atom. The summed E-state index contributed by atoms with van der Waals surface area (Å²) in [6.07, 6.45) is 1.08.